The van der Waals surface area contributed by atoms with Crippen LogP contribution in [0.3, 0.4) is 0 Å². The fourth-order valence-electron chi connectivity index (χ4n) is 0.492. The number of alkyl halides is 2. The lowest BCUT2D eigenvalue weighted by molar-refractivity contribution is 0.192. The van der Waals surface area contributed by atoms with Gasteiger partial charge in [-0.25, -0.2) is 8.78 Å². The number of rotatable bonds is 3. The van der Waals surface area contributed by atoms with Crippen molar-refractivity contribution in [3.63, 3.8) is 0 Å². The second kappa shape index (κ2) is 4.05. The first kappa shape index (κ1) is 10.1. The molecule has 64 valence electrons. The summed E-state index contributed by atoms with van der Waals surface area (Å²) in [6.07, 6.45) is -2.70. The highest BCUT2D eigenvalue weighted by Crippen LogP contribution is 2.18. The normalized spacial score (nSPS) is 12.9. The summed E-state index contributed by atoms with van der Waals surface area (Å²) in [6, 6.07) is 0. The van der Waals surface area contributed by atoms with E-state index in [1.54, 1.807) is 0 Å². The van der Waals surface area contributed by atoms with Gasteiger partial charge in [0.25, 0.3) is 6.43 Å². The van der Waals surface area contributed by atoms with E-state index in [4.69, 9.17) is 0 Å². The van der Waals surface area contributed by atoms with Gasteiger partial charge >= 0.3 is 0 Å². The van der Waals surface area contributed by atoms with E-state index >= 15 is 0 Å². The lowest BCUT2D eigenvalue weighted by Crippen LogP contribution is -2.07. The van der Waals surface area contributed by atoms with Crippen molar-refractivity contribution in [2.24, 2.45) is 0 Å². The molecule has 0 atom stereocenters. The number of halogens is 3. The summed E-state index contributed by atoms with van der Waals surface area (Å²) in [4.78, 5) is 0. The Balaban J connectivity index is 4.47. The van der Waals surface area contributed by atoms with Crippen molar-refractivity contribution in [3.05, 3.63) is 23.7 Å². The summed E-state index contributed by atoms with van der Waals surface area (Å²) in [7, 11) is 1.32. The first-order valence-electron chi connectivity index (χ1n) is 3.02. The molecule has 0 rings (SSSR count). The smallest absolute Gasteiger partial charge is 0.263 e. The van der Waals surface area contributed by atoms with Gasteiger partial charge in [-0.15, -0.1) is 0 Å². The van der Waals surface area contributed by atoms with Crippen LogP contribution in [-0.4, -0.2) is 13.5 Å². The highest BCUT2D eigenvalue weighted by Gasteiger charge is 2.13. The van der Waals surface area contributed by atoms with Crippen LogP contribution in [0.4, 0.5) is 13.2 Å². The summed E-state index contributed by atoms with van der Waals surface area (Å²) in [5, 5.41) is 2.12. The Hall–Kier alpha value is -0.930. The Bertz CT molecular complexity index is 184. The monoisotopic (exact) mass is 165 g/mol. The zero-order valence-corrected chi connectivity index (χ0v) is 6.42. The minimum absolute atomic E-state index is 0.137. The standard InChI is InChI=1S/C7H10F3N/c1-4(6(8)9)5(2)7(10)11-3/h6,11H,1H2,2-3H3/b7-5-. The van der Waals surface area contributed by atoms with E-state index in [2.05, 4.69) is 11.9 Å². The first-order valence-corrected chi connectivity index (χ1v) is 3.02. The Morgan fingerprint density at radius 1 is 1.45 bits per heavy atom. The lowest BCUT2D eigenvalue weighted by atomic mass is 10.1. The van der Waals surface area contributed by atoms with Gasteiger partial charge in [0.15, 0.2) is 5.95 Å². The van der Waals surface area contributed by atoms with Gasteiger partial charge in [-0.1, -0.05) is 6.58 Å². The average Bonchev–Trinajstić information content (AvgIpc) is 2.00. The maximum Gasteiger partial charge on any atom is 0.263 e. The van der Waals surface area contributed by atoms with Crippen LogP contribution in [0.1, 0.15) is 6.92 Å². The van der Waals surface area contributed by atoms with E-state index in [-0.39, 0.29) is 5.57 Å². The van der Waals surface area contributed by atoms with Gasteiger partial charge < -0.3 is 5.32 Å². The Morgan fingerprint density at radius 2 is 1.91 bits per heavy atom. The molecule has 0 saturated carbocycles. The van der Waals surface area contributed by atoms with Crippen molar-refractivity contribution in [3.8, 4) is 0 Å². The maximum absolute atomic E-state index is 12.5. The largest absolute Gasteiger partial charge is 0.365 e. The second-order valence-corrected chi connectivity index (χ2v) is 2.01. The molecular weight excluding hydrogens is 155 g/mol. The third-order valence-corrected chi connectivity index (χ3v) is 1.29. The third kappa shape index (κ3) is 2.65. The van der Waals surface area contributed by atoms with Crippen LogP contribution in [0.25, 0.3) is 0 Å². The molecule has 0 amide bonds. The summed E-state index contributed by atoms with van der Waals surface area (Å²) in [5.74, 6) is -0.768. The highest BCUT2D eigenvalue weighted by molar-refractivity contribution is 5.29. The molecule has 0 aromatic heterocycles. The number of hydrogen-bond acceptors (Lipinski definition) is 1. The summed E-state index contributed by atoms with van der Waals surface area (Å²) in [6.45, 7) is 4.29. The molecule has 0 aromatic rings. The van der Waals surface area contributed by atoms with Gasteiger partial charge in [0, 0.05) is 18.2 Å². The highest BCUT2D eigenvalue weighted by atomic mass is 19.3. The van der Waals surface area contributed by atoms with Gasteiger partial charge in [-0.3, -0.25) is 0 Å². The van der Waals surface area contributed by atoms with E-state index in [9.17, 15) is 13.2 Å². The van der Waals surface area contributed by atoms with Crippen LogP contribution < -0.4 is 5.32 Å². The molecule has 0 bridgehead atoms. The zero-order chi connectivity index (χ0) is 9.02. The third-order valence-electron chi connectivity index (χ3n) is 1.29. The van der Waals surface area contributed by atoms with Crippen LogP contribution >= 0.6 is 0 Å². The minimum atomic E-state index is -2.70. The van der Waals surface area contributed by atoms with Crippen molar-refractivity contribution in [1.29, 1.82) is 0 Å². The molecule has 0 aliphatic heterocycles. The van der Waals surface area contributed by atoms with E-state index < -0.39 is 17.9 Å². The van der Waals surface area contributed by atoms with Crippen LogP contribution in [0.5, 0.6) is 0 Å². The molecule has 0 heterocycles. The van der Waals surface area contributed by atoms with Crippen molar-refractivity contribution >= 4 is 0 Å². The Morgan fingerprint density at radius 3 is 2.18 bits per heavy atom. The number of allylic oxidation sites excluding steroid dienone is 2. The molecule has 0 spiro atoms. The quantitative estimate of drug-likeness (QED) is 0.499. The maximum atomic E-state index is 12.5. The Labute approximate surface area is 63.6 Å². The summed E-state index contributed by atoms with van der Waals surface area (Å²) in [5.41, 5.74) is -0.626. The number of nitrogens with one attached hydrogen (secondary N) is 1. The van der Waals surface area contributed by atoms with E-state index in [0.29, 0.717) is 0 Å². The SMILES string of the molecule is C=C(/C(C)=C(/F)NC)C(F)F. The second-order valence-electron chi connectivity index (χ2n) is 2.01. The van der Waals surface area contributed by atoms with Gasteiger partial charge in [-0.05, 0) is 6.92 Å². The lowest BCUT2D eigenvalue weighted by Gasteiger charge is -2.05. The molecule has 0 saturated heterocycles. The van der Waals surface area contributed by atoms with Crippen molar-refractivity contribution in [2.75, 3.05) is 7.05 Å². The minimum Gasteiger partial charge on any atom is -0.365 e. The van der Waals surface area contributed by atoms with Crippen LogP contribution in [0.2, 0.25) is 0 Å². The molecule has 4 heteroatoms. The van der Waals surface area contributed by atoms with Crippen LogP contribution in [0, 0.1) is 0 Å². The topological polar surface area (TPSA) is 12.0 Å². The van der Waals surface area contributed by atoms with E-state index in [1.807, 2.05) is 0 Å². The number of hydrogen-bond donors (Lipinski definition) is 1. The fraction of sp³-hybridized carbons (Fsp3) is 0.429. The molecule has 1 N–H and O–H groups in total. The van der Waals surface area contributed by atoms with Crippen molar-refractivity contribution < 1.29 is 13.2 Å². The van der Waals surface area contributed by atoms with Gasteiger partial charge in [0.2, 0.25) is 0 Å². The van der Waals surface area contributed by atoms with Crippen LogP contribution in [-0.2, 0) is 0 Å². The molecule has 0 aromatic carbocycles. The molecule has 0 radical (unpaired) electrons. The molecule has 0 unspecified atom stereocenters. The summed E-state index contributed by atoms with van der Waals surface area (Å²) >= 11 is 0. The zero-order valence-electron chi connectivity index (χ0n) is 6.42. The Kier molecular flexibility index (Phi) is 3.71. The molecule has 1 nitrogen and oxygen atoms in total. The fourth-order valence-corrected chi connectivity index (χ4v) is 0.492. The van der Waals surface area contributed by atoms with Crippen molar-refractivity contribution in [1.82, 2.24) is 5.32 Å². The summed E-state index contributed by atoms with van der Waals surface area (Å²) < 4.78 is 36.2. The predicted molar refractivity (Wildman–Crippen MR) is 38.0 cm³/mol. The molecule has 0 aliphatic rings. The van der Waals surface area contributed by atoms with E-state index in [1.165, 1.54) is 14.0 Å². The molecular formula is C7H10F3N. The predicted octanol–water partition coefficient (Wildman–Crippen LogP) is 2.23. The van der Waals surface area contributed by atoms with Crippen LogP contribution in [0.15, 0.2) is 23.7 Å². The van der Waals surface area contributed by atoms with Gasteiger partial charge in [0.05, 0.1) is 0 Å². The molecule has 0 aliphatic carbocycles. The average molecular weight is 165 g/mol. The molecule has 0 fully saturated rings. The first-order chi connectivity index (χ1) is 5.00. The van der Waals surface area contributed by atoms with E-state index in [0.717, 1.165) is 0 Å². The molecule has 11 heavy (non-hydrogen) atoms. The van der Waals surface area contributed by atoms with Gasteiger partial charge in [0.1, 0.15) is 0 Å². The van der Waals surface area contributed by atoms with Crippen molar-refractivity contribution in [2.45, 2.75) is 13.3 Å². The van der Waals surface area contributed by atoms with Gasteiger partial charge in [-0.2, -0.15) is 4.39 Å².